The van der Waals surface area contributed by atoms with Crippen LogP contribution in [0.5, 0.6) is 0 Å². The number of carbonyl (C=O) groups excluding carboxylic acids is 2. The molecule has 1 saturated heterocycles. The highest BCUT2D eigenvalue weighted by molar-refractivity contribution is 7.89. The van der Waals surface area contributed by atoms with Crippen LogP contribution in [0.25, 0.3) is 0 Å². The first kappa shape index (κ1) is 17.1. The molecule has 7 heteroatoms. The molecule has 1 N–H and O–H groups in total. The number of nitrogens with zero attached hydrogens (tertiary/aromatic N) is 1. The van der Waals surface area contributed by atoms with Crippen LogP contribution in [0.4, 0.5) is 0 Å². The first-order valence-corrected chi connectivity index (χ1v) is 9.87. The van der Waals surface area contributed by atoms with Crippen LogP contribution in [0, 0.1) is 5.92 Å². The summed E-state index contributed by atoms with van der Waals surface area (Å²) in [6, 6.07) is 5.93. The molecule has 24 heavy (non-hydrogen) atoms. The van der Waals surface area contributed by atoms with E-state index >= 15 is 0 Å². The molecule has 1 aromatic carbocycles. The van der Waals surface area contributed by atoms with Crippen molar-refractivity contribution in [1.82, 2.24) is 9.62 Å². The topological polar surface area (TPSA) is 83.5 Å². The highest BCUT2D eigenvalue weighted by Crippen LogP contribution is 2.32. The first-order valence-electron chi connectivity index (χ1n) is 8.39. The monoisotopic (exact) mass is 350 g/mol. The summed E-state index contributed by atoms with van der Waals surface area (Å²) >= 11 is 0. The molecule has 2 aliphatic rings. The number of sulfonamides is 1. The summed E-state index contributed by atoms with van der Waals surface area (Å²) in [5.74, 6) is -0.0151. The third-order valence-electron chi connectivity index (χ3n) is 4.52. The van der Waals surface area contributed by atoms with Crippen molar-refractivity contribution < 1.29 is 18.0 Å². The Morgan fingerprint density at radius 1 is 1.04 bits per heavy atom. The van der Waals surface area contributed by atoms with Gasteiger partial charge in [0.25, 0.3) is 0 Å². The van der Waals surface area contributed by atoms with Gasteiger partial charge in [-0.15, -0.1) is 0 Å². The maximum atomic E-state index is 12.3. The lowest BCUT2D eigenvalue weighted by atomic mass is 10.1. The minimum Gasteiger partial charge on any atom is -0.342 e. The van der Waals surface area contributed by atoms with E-state index in [4.69, 9.17) is 0 Å². The van der Waals surface area contributed by atoms with Crippen LogP contribution in [0.3, 0.4) is 0 Å². The molecule has 1 aliphatic heterocycles. The number of piperidine rings is 1. The van der Waals surface area contributed by atoms with E-state index in [0.717, 1.165) is 32.1 Å². The molecular formula is C17H22N2O4S. The second-order valence-corrected chi connectivity index (χ2v) is 8.20. The van der Waals surface area contributed by atoms with Crippen molar-refractivity contribution in [2.45, 2.75) is 37.0 Å². The molecule has 0 aromatic heterocycles. The van der Waals surface area contributed by atoms with Crippen LogP contribution in [0.2, 0.25) is 0 Å². The Bertz CT molecular complexity index is 717. The van der Waals surface area contributed by atoms with Crippen molar-refractivity contribution in [3.05, 3.63) is 29.8 Å². The summed E-state index contributed by atoms with van der Waals surface area (Å²) in [7, 11) is -3.75. The van der Waals surface area contributed by atoms with E-state index in [1.807, 2.05) is 0 Å². The van der Waals surface area contributed by atoms with Crippen molar-refractivity contribution in [2.75, 3.05) is 19.6 Å². The number of Topliss-reactive ketones (excluding diaryl/α,β-unsaturated/α-hetero) is 1. The van der Waals surface area contributed by atoms with Crippen LogP contribution < -0.4 is 4.72 Å². The normalized spacial score (nSPS) is 18.4. The van der Waals surface area contributed by atoms with Crippen molar-refractivity contribution in [1.29, 1.82) is 0 Å². The van der Waals surface area contributed by atoms with Gasteiger partial charge in [0, 0.05) is 24.6 Å². The van der Waals surface area contributed by atoms with Crippen LogP contribution >= 0.6 is 0 Å². The van der Waals surface area contributed by atoms with Crippen molar-refractivity contribution >= 4 is 21.7 Å². The van der Waals surface area contributed by atoms with Crippen LogP contribution in [-0.2, 0) is 14.8 Å². The number of amides is 1. The molecule has 0 atom stereocenters. The van der Waals surface area contributed by atoms with E-state index in [-0.39, 0.29) is 29.0 Å². The van der Waals surface area contributed by atoms with Crippen molar-refractivity contribution in [2.24, 2.45) is 5.92 Å². The lowest BCUT2D eigenvalue weighted by Gasteiger charge is -2.26. The Hall–Kier alpha value is -1.73. The summed E-state index contributed by atoms with van der Waals surface area (Å²) in [5.41, 5.74) is 0.542. The summed E-state index contributed by atoms with van der Waals surface area (Å²) in [5, 5.41) is 0. The highest BCUT2D eigenvalue weighted by Gasteiger charge is 2.30. The Morgan fingerprint density at radius 3 is 2.25 bits per heavy atom. The van der Waals surface area contributed by atoms with Crippen molar-refractivity contribution in [3.63, 3.8) is 0 Å². The largest absolute Gasteiger partial charge is 0.342 e. The van der Waals surface area contributed by atoms with Gasteiger partial charge < -0.3 is 4.90 Å². The molecule has 0 unspecified atom stereocenters. The number of ketones is 1. The molecule has 1 aromatic rings. The molecule has 1 heterocycles. The fourth-order valence-corrected chi connectivity index (χ4v) is 3.85. The number of carbonyl (C=O) groups is 2. The van der Waals surface area contributed by atoms with Crippen LogP contribution in [0.15, 0.2) is 29.2 Å². The third kappa shape index (κ3) is 4.02. The van der Waals surface area contributed by atoms with Crippen molar-refractivity contribution in [3.8, 4) is 0 Å². The van der Waals surface area contributed by atoms with Gasteiger partial charge in [0.1, 0.15) is 0 Å². The van der Waals surface area contributed by atoms with Gasteiger partial charge in [0.15, 0.2) is 5.78 Å². The minimum atomic E-state index is -3.75. The summed E-state index contributed by atoms with van der Waals surface area (Å²) < 4.78 is 26.9. The Balaban J connectivity index is 1.60. The van der Waals surface area contributed by atoms with Gasteiger partial charge in [-0.05, 0) is 44.2 Å². The predicted octanol–water partition coefficient (Wildman–Crippen LogP) is 1.57. The Labute approximate surface area is 142 Å². The molecule has 0 radical (unpaired) electrons. The Morgan fingerprint density at radius 2 is 1.67 bits per heavy atom. The molecule has 1 saturated carbocycles. The van der Waals surface area contributed by atoms with Gasteiger partial charge in [-0.3, -0.25) is 9.59 Å². The number of nitrogens with one attached hydrogen (secondary N) is 1. The molecule has 2 fully saturated rings. The predicted molar refractivity (Wildman–Crippen MR) is 89.1 cm³/mol. The van der Waals surface area contributed by atoms with Crippen LogP contribution in [0.1, 0.15) is 42.5 Å². The highest BCUT2D eigenvalue weighted by atomic mass is 32.2. The molecule has 1 aliphatic carbocycles. The van der Waals surface area contributed by atoms with E-state index in [1.165, 1.54) is 12.1 Å². The van der Waals surface area contributed by atoms with E-state index in [9.17, 15) is 18.0 Å². The average molecular weight is 350 g/mol. The third-order valence-corrected chi connectivity index (χ3v) is 5.94. The van der Waals surface area contributed by atoms with Crippen LogP contribution in [-0.4, -0.2) is 44.6 Å². The smallest absolute Gasteiger partial charge is 0.241 e. The fraction of sp³-hybridized carbons (Fsp3) is 0.529. The van der Waals surface area contributed by atoms with Gasteiger partial charge in [-0.25, -0.2) is 13.1 Å². The molecule has 1 amide bonds. The SMILES string of the molecule is O=C(c1ccc(S(=O)(=O)NCC(=O)N2CCCCC2)cc1)C1CC1. The summed E-state index contributed by atoms with van der Waals surface area (Å²) in [6.45, 7) is 1.15. The zero-order valence-electron chi connectivity index (χ0n) is 13.5. The second kappa shape index (κ2) is 7.03. The number of rotatable bonds is 6. The number of benzene rings is 1. The average Bonchev–Trinajstić information content (AvgIpc) is 3.45. The van der Waals surface area contributed by atoms with Gasteiger partial charge in [-0.1, -0.05) is 12.1 Å². The number of likely N-dealkylation sites (tertiary alicyclic amines) is 1. The molecule has 0 bridgehead atoms. The Kier molecular flexibility index (Phi) is 5.01. The lowest BCUT2D eigenvalue weighted by Crippen LogP contribution is -2.42. The summed E-state index contributed by atoms with van der Waals surface area (Å²) in [4.78, 5) is 25.8. The van der Waals surface area contributed by atoms with E-state index < -0.39 is 10.0 Å². The van der Waals surface area contributed by atoms with Gasteiger partial charge >= 0.3 is 0 Å². The maximum absolute atomic E-state index is 12.3. The number of hydrogen-bond donors (Lipinski definition) is 1. The lowest BCUT2D eigenvalue weighted by molar-refractivity contribution is -0.130. The zero-order chi connectivity index (χ0) is 17.2. The second-order valence-electron chi connectivity index (χ2n) is 6.43. The molecule has 0 spiro atoms. The zero-order valence-corrected chi connectivity index (χ0v) is 14.3. The van der Waals surface area contributed by atoms with Gasteiger partial charge in [0.05, 0.1) is 11.4 Å². The van der Waals surface area contributed by atoms with Gasteiger partial charge in [-0.2, -0.15) is 0 Å². The molecule has 3 rings (SSSR count). The van der Waals surface area contributed by atoms with E-state index in [1.54, 1.807) is 17.0 Å². The number of hydrogen-bond acceptors (Lipinski definition) is 4. The fourth-order valence-electron chi connectivity index (χ4n) is 2.87. The minimum absolute atomic E-state index is 0.0706. The van der Waals surface area contributed by atoms with Gasteiger partial charge in [0.2, 0.25) is 15.9 Å². The standard InChI is InChI=1S/C17H22N2O4S/c20-16(19-10-2-1-3-11-19)12-18-24(22,23)15-8-6-14(7-9-15)17(21)13-4-5-13/h6-9,13,18H,1-5,10-12H2. The molecule has 6 nitrogen and oxygen atoms in total. The van der Waals surface area contributed by atoms with E-state index in [0.29, 0.717) is 18.7 Å². The first-order chi connectivity index (χ1) is 11.5. The maximum Gasteiger partial charge on any atom is 0.241 e. The van der Waals surface area contributed by atoms with E-state index in [2.05, 4.69) is 4.72 Å². The summed E-state index contributed by atoms with van der Waals surface area (Å²) in [6.07, 6.45) is 4.88. The molecule has 130 valence electrons. The molecular weight excluding hydrogens is 328 g/mol. The quantitative estimate of drug-likeness (QED) is 0.790.